The van der Waals surface area contributed by atoms with Crippen LogP contribution in [0.4, 0.5) is 0 Å². The molecule has 5 N–H and O–H groups in total. The summed E-state index contributed by atoms with van der Waals surface area (Å²) < 4.78 is 0. The molecule has 0 aromatic heterocycles. The summed E-state index contributed by atoms with van der Waals surface area (Å²) >= 11 is 0. The van der Waals surface area contributed by atoms with E-state index in [-0.39, 0.29) is 32.7 Å². The number of rotatable bonds is 9. The molecule has 0 saturated carbocycles. The van der Waals surface area contributed by atoms with Crippen LogP contribution in [0.5, 0.6) is 0 Å². The van der Waals surface area contributed by atoms with Crippen LogP contribution in [0.15, 0.2) is 0 Å². The Labute approximate surface area is 91.8 Å². The predicted octanol–water partition coefficient (Wildman–Crippen LogP) is -2.06. The minimum absolute atomic E-state index is 0.0209. The zero-order valence-corrected chi connectivity index (χ0v) is 8.74. The highest BCUT2D eigenvalue weighted by atomic mass is 16.7. The van der Waals surface area contributed by atoms with Gasteiger partial charge in [0.2, 0.25) is 0 Å². The summed E-state index contributed by atoms with van der Waals surface area (Å²) in [5.41, 5.74) is 10.3. The third-order valence-corrected chi connectivity index (χ3v) is 1.82. The first-order valence-corrected chi connectivity index (χ1v) is 4.69. The Balaban J connectivity index is 4.14. The first-order chi connectivity index (χ1) is 7.52. The van der Waals surface area contributed by atoms with Gasteiger partial charge in [0.25, 0.3) is 6.17 Å². The van der Waals surface area contributed by atoms with Crippen molar-refractivity contribution < 1.29 is 9.96 Å². The number of nitrogens with two attached hydrogens (primary N) is 2. The van der Waals surface area contributed by atoms with E-state index < -0.39 is 16.1 Å². The molecule has 1 unspecified atom stereocenters. The van der Waals surface area contributed by atoms with Crippen molar-refractivity contribution in [1.82, 2.24) is 10.3 Å². The fraction of sp³-hybridized carbons (Fsp3) is 1.00. The van der Waals surface area contributed by atoms with E-state index in [2.05, 4.69) is 5.32 Å². The molecule has 10 heteroatoms. The lowest BCUT2D eigenvalue weighted by Crippen LogP contribution is -2.47. The molecule has 0 aromatic carbocycles. The normalized spacial score (nSPS) is 12.1. The van der Waals surface area contributed by atoms with Gasteiger partial charge in [-0.3, -0.25) is 10.1 Å². The van der Waals surface area contributed by atoms with Crippen molar-refractivity contribution in [2.24, 2.45) is 11.5 Å². The predicted molar refractivity (Wildman–Crippen MR) is 55.2 cm³/mol. The smallest absolute Gasteiger partial charge is 0.268 e. The van der Waals surface area contributed by atoms with Crippen molar-refractivity contribution in [3.8, 4) is 0 Å². The quantitative estimate of drug-likeness (QED) is 0.234. The van der Waals surface area contributed by atoms with E-state index in [1.807, 2.05) is 0 Å². The number of nitro groups is 2. The molecule has 0 saturated heterocycles. The maximum Gasteiger partial charge on any atom is 0.268 e. The van der Waals surface area contributed by atoms with Crippen molar-refractivity contribution >= 4 is 0 Å². The van der Waals surface area contributed by atoms with Crippen LogP contribution in [0.2, 0.25) is 0 Å². The molecule has 0 aliphatic carbocycles. The third-order valence-electron chi connectivity index (χ3n) is 1.82. The minimum atomic E-state index is -1.08. The molecule has 10 nitrogen and oxygen atoms in total. The number of hydrogen-bond donors (Lipinski definition) is 3. The lowest BCUT2D eigenvalue weighted by atomic mass is 10.3. The SMILES string of the molecule is NCCC(NCN(CCN)[N+](=O)[O-])[N+](=O)[O-]. The largest absolute Gasteiger partial charge is 0.330 e. The minimum Gasteiger partial charge on any atom is -0.330 e. The highest BCUT2D eigenvalue weighted by Crippen LogP contribution is 1.93. The molecule has 0 fully saturated rings. The van der Waals surface area contributed by atoms with Gasteiger partial charge in [-0.1, -0.05) is 0 Å². The molecule has 0 spiro atoms. The van der Waals surface area contributed by atoms with Crippen molar-refractivity contribution in [3.63, 3.8) is 0 Å². The fourth-order valence-electron chi connectivity index (χ4n) is 1.02. The number of nitrogens with one attached hydrogen (secondary N) is 1. The Morgan fingerprint density at radius 1 is 1.25 bits per heavy atom. The van der Waals surface area contributed by atoms with Gasteiger partial charge < -0.3 is 11.5 Å². The van der Waals surface area contributed by atoms with Crippen LogP contribution in [-0.2, 0) is 0 Å². The van der Waals surface area contributed by atoms with Gasteiger partial charge in [0, 0.05) is 24.4 Å². The van der Waals surface area contributed by atoms with Crippen LogP contribution in [0, 0.1) is 20.2 Å². The van der Waals surface area contributed by atoms with E-state index >= 15 is 0 Å². The second kappa shape index (κ2) is 7.73. The monoisotopic (exact) mass is 236 g/mol. The van der Waals surface area contributed by atoms with E-state index in [0.717, 1.165) is 5.01 Å². The summed E-state index contributed by atoms with van der Waals surface area (Å²) in [6.45, 7) is 0.0135. The van der Waals surface area contributed by atoms with E-state index in [9.17, 15) is 20.2 Å². The second-order valence-electron chi connectivity index (χ2n) is 3.00. The number of nitrogens with zero attached hydrogens (tertiary/aromatic N) is 3. The number of hydrogen-bond acceptors (Lipinski definition) is 7. The van der Waals surface area contributed by atoms with Gasteiger partial charge in [-0.05, 0) is 0 Å². The van der Waals surface area contributed by atoms with E-state index in [4.69, 9.17) is 11.5 Å². The molecule has 0 heterocycles. The average Bonchev–Trinajstić information content (AvgIpc) is 2.21. The maximum atomic E-state index is 10.5. The van der Waals surface area contributed by atoms with Crippen LogP contribution < -0.4 is 16.8 Å². The van der Waals surface area contributed by atoms with Crippen LogP contribution in [0.3, 0.4) is 0 Å². The molecular formula is C6H16N6O4. The summed E-state index contributed by atoms with van der Waals surface area (Å²) in [5.74, 6) is 0. The average molecular weight is 236 g/mol. The van der Waals surface area contributed by atoms with Gasteiger partial charge in [0.15, 0.2) is 5.03 Å². The molecule has 16 heavy (non-hydrogen) atoms. The molecule has 1 atom stereocenters. The Kier molecular flexibility index (Phi) is 7.00. The first-order valence-electron chi connectivity index (χ1n) is 4.69. The molecule has 0 aromatic rings. The standard InChI is InChI=1S/C6H16N6O4/c7-2-1-6(11(13)14)9-5-10(4-3-8)12(15)16/h6,9H,1-5,7-8H2. The molecule has 0 bridgehead atoms. The van der Waals surface area contributed by atoms with Gasteiger partial charge >= 0.3 is 0 Å². The lowest BCUT2D eigenvalue weighted by molar-refractivity contribution is -0.658. The van der Waals surface area contributed by atoms with E-state index in [1.165, 1.54) is 0 Å². The summed E-state index contributed by atoms with van der Waals surface area (Å²) in [7, 11) is 0. The summed E-state index contributed by atoms with van der Waals surface area (Å²) in [4.78, 5) is 20.4. The number of hydrazine groups is 1. The van der Waals surface area contributed by atoms with Gasteiger partial charge in [0.05, 0.1) is 6.54 Å². The van der Waals surface area contributed by atoms with Crippen LogP contribution in [-0.4, -0.2) is 47.4 Å². The Bertz CT molecular complexity index is 213. The molecule has 0 aliphatic rings. The molecule has 0 rings (SSSR count). The van der Waals surface area contributed by atoms with Gasteiger partial charge in [-0.15, -0.1) is 5.01 Å². The molecule has 0 aliphatic heterocycles. The lowest BCUT2D eigenvalue weighted by Gasteiger charge is -2.15. The van der Waals surface area contributed by atoms with Gasteiger partial charge in [-0.2, -0.15) is 0 Å². The van der Waals surface area contributed by atoms with E-state index in [1.54, 1.807) is 0 Å². The summed E-state index contributed by atoms with van der Waals surface area (Å²) in [6, 6.07) is 0. The molecule has 0 amide bonds. The first kappa shape index (κ1) is 14.5. The highest BCUT2D eigenvalue weighted by Gasteiger charge is 2.21. The van der Waals surface area contributed by atoms with Crippen molar-refractivity contribution in [3.05, 3.63) is 20.2 Å². The van der Waals surface area contributed by atoms with Crippen molar-refractivity contribution in [1.29, 1.82) is 0 Å². The van der Waals surface area contributed by atoms with Crippen molar-refractivity contribution in [2.45, 2.75) is 12.6 Å². The Morgan fingerprint density at radius 2 is 1.88 bits per heavy atom. The molecular weight excluding hydrogens is 220 g/mol. The Hall–Kier alpha value is -1.52. The second-order valence-corrected chi connectivity index (χ2v) is 3.00. The topological polar surface area (TPSA) is 154 Å². The van der Waals surface area contributed by atoms with Crippen LogP contribution >= 0.6 is 0 Å². The van der Waals surface area contributed by atoms with E-state index in [0.29, 0.717) is 0 Å². The van der Waals surface area contributed by atoms with Gasteiger partial charge in [0.1, 0.15) is 6.67 Å². The zero-order valence-electron chi connectivity index (χ0n) is 8.74. The molecule has 94 valence electrons. The zero-order chi connectivity index (χ0) is 12.6. The summed E-state index contributed by atoms with van der Waals surface area (Å²) in [5, 5.41) is 23.5. The maximum absolute atomic E-state index is 10.5. The summed E-state index contributed by atoms with van der Waals surface area (Å²) in [6.07, 6.45) is -0.966. The van der Waals surface area contributed by atoms with Crippen LogP contribution in [0.25, 0.3) is 0 Å². The fourth-order valence-corrected chi connectivity index (χ4v) is 1.02. The van der Waals surface area contributed by atoms with Gasteiger partial charge in [-0.25, -0.2) is 15.4 Å². The highest BCUT2D eigenvalue weighted by molar-refractivity contribution is 4.55. The Morgan fingerprint density at radius 3 is 2.25 bits per heavy atom. The third kappa shape index (κ3) is 5.38. The van der Waals surface area contributed by atoms with Crippen LogP contribution in [0.1, 0.15) is 6.42 Å². The van der Waals surface area contributed by atoms with Crippen molar-refractivity contribution in [2.75, 3.05) is 26.3 Å². The molecule has 0 radical (unpaired) electrons.